The Balaban J connectivity index is 0.924. The number of fused-ring (bicyclic) bond motifs is 7. The average Bonchev–Trinajstić information content (AvgIpc) is 3.90. The molecule has 0 aliphatic rings. The number of hydrogen-bond acceptors (Lipinski definition) is 3. The molecule has 10 aromatic carbocycles. The van der Waals surface area contributed by atoms with E-state index in [-0.39, 0.29) is 0 Å². The van der Waals surface area contributed by atoms with Crippen LogP contribution in [0, 0.1) is 0 Å². The zero-order valence-electron chi connectivity index (χ0n) is 33.1. The topological polar surface area (TPSA) is 16.4 Å². The van der Waals surface area contributed by atoms with Crippen molar-refractivity contribution in [2.45, 2.75) is 0 Å². The lowest BCUT2D eigenvalue weighted by Crippen LogP contribution is -2.10. The van der Waals surface area contributed by atoms with E-state index in [1.807, 2.05) is 23.5 Å². The Labute approximate surface area is 357 Å². The summed E-state index contributed by atoms with van der Waals surface area (Å²) < 4.78 is 8.94. The van der Waals surface area contributed by atoms with Crippen molar-refractivity contribution in [1.29, 1.82) is 0 Å². The van der Waals surface area contributed by atoms with Gasteiger partial charge in [-0.25, -0.2) is 0 Å². The molecule has 12 rings (SSSR count). The molecule has 0 unspecified atom stereocenters. The lowest BCUT2D eigenvalue weighted by Gasteiger charge is -2.26. The first kappa shape index (κ1) is 35.2. The van der Waals surface area contributed by atoms with Gasteiger partial charge in [-0.05, 0) is 128 Å². The van der Waals surface area contributed by atoms with Gasteiger partial charge in [0.05, 0.1) is 0 Å². The highest BCUT2D eigenvalue weighted by Gasteiger charge is 2.17. The number of thiophene rings is 1. The molecule has 0 N–H and O–H groups in total. The predicted octanol–water partition coefficient (Wildman–Crippen LogP) is 17.2. The molecule has 0 saturated carbocycles. The molecule has 286 valence electrons. The number of anilines is 3. The van der Waals surface area contributed by atoms with Crippen molar-refractivity contribution in [2.24, 2.45) is 0 Å². The molecular formula is C58H37NOS. The van der Waals surface area contributed by atoms with Gasteiger partial charge in [-0.1, -0.05) is 152 Å². The molecular weight excluding hydrogens is 759 g/mol. The van der Waals surface area contributed by atoms with Crippen molar-refractivity contribution < 1.29 is 4.42 Å². The number of nitrogens with zero attached hydrogens (tertiary/aromatic N) is 1. The van der Waals surface area contributed by atoms with Crippen molar-refractivity contribution in [3.8, 4) is 44.5 Å². The normalized spacial score (nSPS) is 11.6. The summed E-state index contributed by atoms with van der Waals surface area (Å²) >= 11 is 1.86. The van der Waals surface area contributed by atoms with Crippen molar-refractivity contribution >= 4 is 81.3 Å². The highest BCUT2D eigenvalue weighted by Crippen LogP contribution is 2.42. The summed E-state index contributed by atoms with van der Waals surface area (Å²) in [5.74, 6) is 0. The van der Waals surface area contributed by atoms with E-state index in [0.29, 0.717) is 0 Å². The standard InChI is InChI=1S/C58H37NOS/c1-2-10-43-35-44(24-23-38(43)9-1)41-21-19-39(20-22-41)40-25-30-47(31-26-40)59(48-32-27-42(28-33-48)45-29-34-57-53(37-45)51-13-4-6-18-56(51)61-57)49-12-7-11-46(36-49)50-15-8-17-55-58(50)52-14-3-5-16-54(52)60-55/h1-37H. The van der Waals surface area contributed by atoms with Crippen LogP contribution in [0.25, 0.3) is 97.4 Å². The van der Waals surface area contributed by atoms with Crippen LogP contribution in [0.2, 0.25) is 0 Å². The summed E-state index contributed by atoms with van der Waals surface area (Å²) in [4.78, 5) is 2.36. The fourth-order valence-corrected chi connectivity index (χ4v) is 10.1. The van der Waals surface area contributed by atoms with E-state index < -0.39 is 0 Å². The monoisotopic (exact) mass is 795 g/mol. The van der Waals surface area contributed by atoms with Gasteiger partial charge >= 0.3 is 0 Å². The average molecular weight is 796 g/mol. The SMILES string of the molecule is c1cc(-c2cccc3oc4ccccc4c23)cc(N(c2ccc(-c3ccc(-c4ccc5ccccc5c4)cc3)cc2)c2ccc(-c3ccc4sc5ccccc5c4c3)cc2)c1. The molecule has 0 spiro atoms. The Kier molecular flexibility index (Phi) is 8.39. The van der Waals surface area contributed by atoms with Gasteiger partial charge in [0.15, 0.2) is 0 Å². The van der Waals surface area contributed by atoms with Crippen LogP contribution in [0.3, 0.4) is 0 Å². The molecule has 0 bridgehead atoms. The summed E-state index contributed by atoms with van der Waals surface area (Å²) in [6.45, 7) is 0. The van der Waals surface area contributed by atoms with Crippen molar-refractivity contribution in [3.05, 3.63) is 224 Å². The molecule has 2 aromatic heterocycles. The smallest absolute Gasteiger partial charge is 0.136 e. The molecule has 0 aliphatic carbocycles. The van der Waals surface area contributed by atoms with Crippen LogP contribution in [0.5, 0.6) is 0 Å². The molecule has 3 heteroatoms. The van der Waals surface area contributed by atoms with Crippen LogP contribution >= 0.6 is 11.3 Å². The van der Waals surface area contributed by atoms with E-state index in [2.05, 4.69) is 217 Å². The van der Waals surface area contributed by atoms with E-state index >= 15 is 0 Å². The van der Waals surface area contributed by atoms with E-state index in [9.17, 15) is 0 Å². The molecule has 0 radical (unpaired) electrons. The maximum Gasteiger partial charge on any atom is 0.136 e. The van der Waals surface area contributed by atoms with Crippen LogP contribution < -0.4 is 4.90 Å². The third-order valence-electron chi connectivity index (χ3n) is 12.1. The maximum absolute atomic E-state index is 6.30. The van der Waals surface area contributed by atoms with Gasteiger partial charge in [-0.2, -0.15) is 0 Å². The van der Waals surface area contributed by atoms with Crippen LogP contribution in [0.15, 0.2) is 229 Å². The molecule has 61 heavy (non-hydrogen) atoms. The van der Waals surface area contributed by atoms with E-state index in [1.54, 1.807) is 0 Å². The Morgan fingerprint density at radius 1 is 0.311 bits per heavy atom. The molecule has 0 amide bonds. The molecule has 0 aliphatic heterocycles. The third-order valence-corrected chi connectivity index (χ3v) is 13.2. The first-order valence-corrected chi connectivity index (χ1v) is 21.5. The van der Waals surface area contributed by atoms with Crippen LogP contribution in [-0.4, -0.2) is 0 Å². The Hall–Kier alpha value is -7.72. The minimum Gasteiger partial charge on any atom is -0.456 e. The van der Waals surface area contributed by atoms with Crippen molar-refractivity contribution in [3.63, 3.8) is 0 Å². The minimum absolute atomic E-state index is 0.895. The molecule has 12 aromatic rings. The fourth-order valence-electron chi connectivity index (χ4n) is 9.01. The molecule has 0 fully saturated rings. The second-order valence-corrected chi connectivity index (χ2v) is 16.8. The number of rotatable bonds is 7. The van der Waals surface area contributed by atoms with Crippen molar-refractivity contribution in [1.82, 2.24) is 0 Å². The van der Waals surface area contributed by atoms with Crippen LogP contribution in [-0.2, 0) is 0 Å². The quantitative estimate of drug-likeness (QED) is 0.160. The van der Waals surface area contributed by atoms with Gasteiger partial charge in [-0.15, -0.1) is 11.3 Å². The van der Waals surface area contributed by atoms with Gasteiger partial charge < -0.3 is 9.32 Å². The second kappa shape index (κ2) is 14.5. The number of hydrogen-bond donors (Lipinski definition) is 0. The Morgan fingerprint density at radius 2 is 0.869 bits per heavy atom. The summed E-state index contributed by atoms with van der Waals surface area (Å²) in [6.07, 6.45) is 0. The lowest BCUT2D eigenvalue weighted by molar-refractivity contribution is 0.669. The highest BCUT2D eigenvalue weighted by atomic mass is 32.1. The summed E-state index contributed by atoms with van der Waals surface area (Å²) in [6, 6.07) is 81.2. The molecule has 2 nitrogen and oxygen atoms in total. The number of furan rings is 1. The first-order valence-electron chi connectivity index (χ1n) is 20.7. The fraction of sp³-hybridized carbons (Fsp3) is 0. The lowest BCUT2D eigenvalue weighted by atomic mass is 9.97. The second-order valence-electron chi connectivity index (χ2n) is 15.7. The molecule has 0 saturated heterocycles. The van der Waals surface area contributed by atoms with Gasteiger partial charge in [-0.3, -0.25) is 0 Å². The summed E-state index contributed by atoms with van der Waals surface area (Å²) in [5.41, 5.74) is 14.5. The maximum atomic E-state index is 6.30. The molecule has 0 atom stereocenters. The van der Waals surface area contributed by atoms with E-state index in [4.69, 9.17) is 4.42 Å². The highest BCUT2D eigenvalue weighted by molar-refractivity contribution is 7.25. The van der Waals surface area contributed by atoms with Gasteiger partial charge in [0.1, 0.15) is 11.2 Å². The van der Waals surface area contributed by atoms with E-state index in [1.165, 1.54) is 64.3 Å². The zero-order chi connectivity index (χ0) is 40.3. The minimum atomic E-state index is 0.895. The van der Waals surface area contributed by atoms with Crippen molar-refractivity contribution in [2.75, 3.05) is 4.90 Å². The third kappa shape index (κ3) is 6.26. The Bertz CT molecular complexity index is 3580. The van der Waals surface area contributed by atoms with Gasteiger partial charge in [0.2, 0.25) is 0 Å². The van der Waals surface area contributed by atoms with E-state index in [0.717, 1.165) is 50.1 Å². The molecule has 2 heterocycles. The predicted molar refractivity (Wildman–Crippen MR) is 261 cm³/mol. The van der Waals surface area contributed by atoms with Crippen LogP contribution in [0.4, 0.5) is 17.1 Å². The summed E-state index contributed by atoms with van der Waals surface area (Å²) in [5, 5.41) is 7.40. The zero-order valence-corrected chi connectivity index (χ0v) is 33.9. The number of para-hydroxylation sites is 1. The van der Waals surface area contributed by atoms with Gasteiger partial charge in [0.25, 0.3) is 0 Å². The Morgan fingerprint density at radius 3 is 1.64 bits per heavy atom. The first-order chi connectivity index (χ1) is 30.2. The number of benzene rings is 10. The summed E-state index contributed by atoms with van der Waals surface area (Å²) in [7, 11) is 0. The van der Waals surface area contributed by atoms with Gasteiger partial charge in [0, 0.05) is 48.0 Å². The van der Waals surface area contributed by atoms with Crippen LogP contribution in [0.1, 0.15) is 0 Å². The largest absolute Gasteiger partial charge is 0.456 e.